The van der Waals surface area contributed by atoms with Crippen molar-refractivity contribution in [3.63, 3.8) is 0 Å². The molecule has 0 aliphatic rings. The lowest BCUT2D eigenvalue weighted by atomic mass is 9.86. The minimum Gasteiger partial charge on any atom is -0.396 e. The molecule has 0 bridgehead atoms. The maximum atomic E-state index is 9.18. The molecule has 2 atom stereocenters. The molecule has 0 aliphatic carbocycles. The van der Waals surface area contributed by atoms with E-state index >= 15 is 0 Å². The van der Waals surface area contributed by atoms with Crippen LogP contribution in [0.3, 0.4) is 0 Å². The average Bonchev–Trinajstić information content (AvgIpc) is 1.87. The standard InChI is InChI=1S/C7H17NO3/c1-5(10)7(8,3-4-9)6(2)11/h5-6,9-11H,3-4,8H2,1-2H3. The van der Waals surface area contributed by atoms with Crippen LogP contribution in [0.25, 0.3) is 0 Å². The highest BCUT2D eigenvalue weighted by molar-refractivity contribution is 4.93. The van der Waals surface area contributed by atoms with Gasteiger partial charge in [-0.25, -0.2) is 0 Å². The van der Waals surface area contributed by atoms with Crippen LogP contribution >= 0.6 is 0 Å². The van der Waals surface area contributed by atoms with E-state index in [9.17, 15) is 10.2 Å². The average molecular weight is 163 g/mol. The van der Waals surface area contributed by atoms with Crippen molar-refractivity contribution in [2.24, 2.45) is 5.73 Å². The highest BCUT2D eigenvalue weighted by atomic mass is 16.3. The Bertz CT molecular complexity index is 106. The molecule has 0 aliphatic heterocycles. The van der Waals surface area contributed by atoms with Gasteiger partial charge in [0.15, 0.2) is 0 Å². The van der Waals surface area contributed by atoms with E-state index in [1.165, 1.54) is 13.8 Å². The molecule has 0 fully saturated rings. The number of hydrogen-bond acceptors (Lipinski definition) is 4. The van der Waals surface area contributed by atoms with E-state index in [4.69, 9.17) is 10.8 Å². The Morgan fingerprint density at radius 2 is 1.64 bits per heavy atom. The van der Waals surface area contributed by atoms with Crippen molar-refractivity contribution in [1.29, 1.82) is 0 Å². The van der Waals surface area contributed by atoms with Crippen LogP contribution in [0.2, 0.25) is 0 Å². The minimum atomic E-state index is -1.09. The summed E-state index contributed by atoms with van der Waals surface area (Å²) in [5.41, 5.74) is 4.55. The third-order valence-corrected chi connectivity index (χ3v) is 2.10. The second-order valence-corrected chi connectivity index (χ2v) is 2.94. The summed E-state index contributed by atoms with van der Waals surface area (Å²) in [6.45, 7) is 2.87. The Morgan fingerprint density at radius 1 is 1.27 bits per heavy atom. The molecule has 2 unspecified atom stereocenters. The SMILES string of the molecule is CC(O)C(N)(CCO)C(C)O. The highest BCUT2D eigenvalue weighted by Crippen LogP contribution is 2.16. The van der Waals surface area contributed by atoms with Crippen LogP contribution in [0, 0.1) is 0 Å². The molecule has 5 N–H and O–H groups in total. The van der Waals surface area contributed by atoms with Gasteiger partial charge in [-0.2, -0.15) is 0 Å². The fourth-order valence-corrected chi connectivity index (χ4v) is 0.960. The lowest BCUT2D eigenvalue weighted by Crippen LogP contribution is -2.58. The van der Waals surface area contributed by atoms with Gasteiger partial charge < -0.3 is 21.1 Å². The minimum absolute atomic E-state index is 0.133. The maximum Gasteiger partial charge on any atom is 0.0717 e. The molecule has 4 nitrogen and oxygen atoms in total. The summed E-state index contributed by atoms with van der Waals surface area (Å²) >= 11 is 0. The van der Waals surface area contributed by atoms with E-state index in [0.717, 1.165) is 0 Å². The summed E-state index contributed by atoms with van der Waals surface area (Å²) in [7, 11) is 0. The maximum absolute atomic E-state index is 9.18. The number of aliphatic hydroxyl groups is 3. The first kappa shape index (κ1) is 10.8. The second kappa shape index (κ2) is 4.01. The Hall–Kier alpha value is -0.160. The summed E-state index contributed by atoms with van der Waals surface area (Å²) < 4.78 is 0. The molecule has 0 aromatic heterocycles. The first-order chi connectivity index (χ1) is 4.95. The first-order valence-corrected chi connectivity index (χ1v) is 3.71. The van der Waals surface area contributed by atoms with Crippen molar-refractivity contribution in [3.05, 3.63) is 0 Å². The van der Waals surface area contributed by atoms with Gasteiger partial charge >= 0.3 is 0 Å². The van der Waals surface area contributed by atoms with Crippen LogP contribution in [0.4, 0.5) is 0 Å². The molecule has 0 aromatic carbocycles. The summed E-state index contributed by atoms with van der Waals surface area (Å²) in [4.78, 5) is 0. The smallest absolute Gasteiger partial charge is 0.0717 e. The molecule has 0 spiro atoms. The molecular formula is C7H17NO3. The molecule has 0 radical (unpaired) electrons. The first-order valence-electron chi connectivity index (χ1n) is 3.71. The lowest BCUT2D eigenvalue weighted by Gasteiger charge is -2.34. The van der Waals surface area contributed by atoms with Gasteiger partial charge in [-0.3, -0.25) is 0 Å². The van der Waals surface area contributed by atoms with Crippen LogP contribution in [0.5, 0.6) is 0 Å². The van der Waals surface area contributed by atoms with E-state index in [2.05, 4.69) is 0 Å². The number of nitrogens with two attached hydrogens (primary N) is 1. The molecule has 4 heteroatoms. The normalized spacial score (nSPS) is 22.4. The van der Waals surface area contributed by atoms with Crippen molar-refractivity contribution >= 4 is 0 Å². The molecular weight excluding hydrogens is 146 g/mol. The van der Waals surface area contributed by atoms with Crippen molar-refractivity contribution < 1.29 is 15.3 Å². The summed E-state index contributed by atoms with van der Waals surface area (Å²) in [6, 6.07) is 0. The van der Waals surface area contributed by atoms with E-state index in [0.29, 0.717) is 0 Å². The Morgan fingerprint density at radius 3 is 1.73 bits per heavy atom. The van der Waals surface area contributed by atoms with Crippen molar-refractivity contribution in [1.82, 2.24) is 0 Å². The number of aliphatic hydroxyl groups excluding tert-OH is 3. The predicted molar refractivity (Wildman–Crippen MR) is 42.0 cm³/mol. The zero-order valence-electron chi connectivity index (χ0n) is 6.99. The third-order valence-electron chi connectivity index (χ3n) is 2.10. The Kier molecular flexibility index (Phi) is 3.96. The molecule has 0 saturated carbocycles. The molecule has 0 saturated heterocycles. The third kappa shape index (κ3) is 2.41. The predicted octanol–water partition coefficient (Wildman–Crippen LogP) is -1.17. The largest absolute Gasteiger partial charge is 0.396 e. The fraction of sp³-hybridized carbons (Fsp3) is 1.00. The summed E-state index contributed by atoms with van der Waals surface area (Å²) in [6.07, 6.45) is -1.45. The Balaban J connectivity index is 4.26. The van der Waals surface area contributed by atoms with Crippen molar-refractivity contribution in [3.8, 4) is 0 Å². The molecule has 68 valence electrons. The van der Waals surface area contributed by atoms with Gasteiger partial charge in [0.25, 0.3) is 0 Å². The molecule has 0 aromatic rings. The summed E-state index contributed by atoms with van der Waals surface area (Å²) in [5, 5.41) is 27.0. The highest BCUT2D eigenvalue weighted by Gasteiger charge is 2.35. The second-order valence-electron chi connectivity index (χ2n) is 2.94. The van der Waals surface area contributed by atoms with E-state index in [1.807, 2.05) is 0 Å². The topological polar surface area (TPSA) is 86.7 Å². The molecule has 0 rings (SSSR count). The van der Waals surface area contributed by atoms with Gasteiger partial charge in [0.2, 0.25) is 0 Å². The van der Waals surface area contributed by atoms with Gasteiger partial charge in [0.1, 0.15) is 0 Å². The van der Waals surface area contributed by atoms with E-state index in [1.54, 1.807) is 0 Å². The van der Waals surface area contributed by atoms with Gasteiger partial charge in [0, 0.05) is 6.61 Å². The van der Waals surface area contributed by atoms with Crippen LogP contribution in [-0.2, 0) is 0 Å². The van der Waals surface area contributed by atoms with Crippen LogP contribution < -0.4 is 5.73 Å². The van der Waals surface area contributed by atoms with Gasteiger partial charge in [0.05, 0.1) is 17.7 Å². The van der Waals surface area contributed by atoms with Crippen molar-refractivity contribution in [2.75, 3.05) is 6.61 Å². The Labute approximate surface area is 66.7 Å². The van der Waals surface area contributed by atoms with Crippen LogP contribution in [0.15, 0.2) is 0 Å². The number of rotatable bonds is 4. The fourth-order valence-electron chi connectivity index (χ4n) is 0.960. The quantitative estimate of drug-likeness (QED) is 0.420. The zero-order valence-corrected chi connectivity index (χ0v) is 6.99. The van der Waals surface area contributed by atoms with Gasteiger partial charge in [-0.15, -0.1) is 0 Å². The van der Waals surface area contributed by atoms with E-state index in [-0.39, 0.29) is 13.0 Å². The monoisotopic (exact) mass is 163 g/mol. The number of hydrogen-bond donors (Lipinski definition) is 4. The molecule has 11 heavy (non-hydrogen) atoms. The zero-order chi connectivity index (χ0) is 9.07. The molecule has 0 heterocycles. The van der Waals surface area contributed by atoms with Crippen LogP contribution in [0.1, 0.15) is 20.3 Å². The van der Waals surface area contributed by atoms with Crippen molar-refractivity contribution in [2.45, 2.75) is 38.0 Å². The van der Waals surface area contributed by atoms with Crippen LogP contribution in [-0.4, -0.2) is 39.7 Å². The van der Waals surface area contributed by atoms with Gasteiger partial charge in [-0.1, -0.05) is 0 Å². The molecule has 0 amide bonds. The summed E-state index contributed by atoms with van der Waals surface area (Å²) in [5.74, 6) is 0. The van der Waals surface area contributed by atoms with Gasteiger partial charge in [-0.05, 0) is 20.3 Å². The lowest BCUT2D eigenvalue weighted by molar-refractivity contribution is -0.00572. The van der Waals surface area contributed by atoms with E-state index < -0.39 is 17.7 Å².